The summed E-state index contributed by atoms with van der Waals surface area (Å²) >= 11 is 0. The van der Waals surface area contributed by atoms with E-state index in [4.69, 9.17) is 5.11 Å². The zero-order valence-electron chi connectivity index (χ0n) is 10.2. The van der Waals surface area contributed by atoms with Crippen LogP contribution in [0.4, 0.5) is 0 Å². The van der Waals surface area contributed by atoms with Crippen molar-refractivity contribution in [2.75, 3.05) is 13.7 Å². The molecule has 2 aromatic heterocycles. The Morgan fingerprint density at radius 1 is 1.56 bits per heavy atom. The van der Waals surface area contributed by atoms with Crippen molar-refractivity contribution in [3.8, 4) is 0 Å². The molecule has 0 fully saturated rings. The van der Waals surface area contributed by atoms with Crippen LogP contribution in [0.15, 0.2) is 29.4 Å². The largest absolute Gasteiger partial charge is 0.395 e. The average molecular weight is 269 g/mol. The number of sulfonamides is 1. The van der Waals surface area contributed by atoms with E-state index in [0.717, 1.165) is 4.31 Å². The van der Waals surface area contributed by atoms with Gasteiger partial charge in [0.25, 0.3) is 0 Å². The highest BCUT2D eigenvalue weighted by Gasteiger charge is 2.27. The van der Waals surface area contributed by atoms with Crippen molar-refractivity contribution < 1.29 is 13.5 Å². The molecule has 2 aromatic rings. The van der Waals surface area contributed by atoms with E-state index in [-0.39, 0.29) is 11.5 Å². The normalized spacial score (nSPS) is 14.2. The summed E-state index contributed by atoms with van der Waals surface area (Å²) in [4.78, 5) is 7.05. The van der Waals surface area contributed by atoms with Crippen molar-refractivity contribution in [2.45, 2.75) is 17.9 Å². The van der Waals surface area contributed by atoms with Crippen LogP contribution in [-0.2, 0) is 10.0 Å². The van der Waals surface area contributed by atoms with Crippen LogP contribution < -0.4 is 0 Å². The van der Waals surface area contributed by atoms with E-state index in [0.29, 0.717) is 11.0 Å². The molecule has 0 radical (unpaired) electrons. The molecule has 2 rings (SSSR count). The summed E-state index contributed by atoms with van der Waals surface area (Å²) < 4.78 is 25.9. The van der Waals surface area contributed by atoms with Crippen molar-refractivity contribution in [3.63, 3.8) is 0 Å². The molecule has 0 aliphatic rings. The van der Waals surface area contributed by atoms with Gasteiger partial charge in [-0.2, -0.15) is 4.31 Å². The number of rotatable bonds is 4. The zero-order chi connectivity index (χ0) is 13.3. The van der Waals surface area contributed by atoms with Gasteiger partial charge in [0.05, 0.1) is 6.61 Å². The van der Waals surface area contributed by atoms with Crippen LogP contribution in [0.25, 0.3) is 11.0 Å². The van der Waals surface area contributed by atoms with Gasteiger partial charge in [0.2, 0.25) is 10.0 Å². The van der Waals surface area contributed by atoms with E-state index in [2.05, 4.69) is 9.97 Å². The number of fused-ring (bicyclic) bond motifs is 1. The SMILES string of the molecule is CC(CO)N(C)S(=O)(=O)c1c[nH]c2ncccc12. The predicted molar refractivity (Wildman–Crippen MR) is 67.6 cm³/mol. The van der Waals surface area contributed by atoms with Gasteiger partial charge in [-0.05, 0) is 19.1 Å². The lowest BCUT2D eigenvalue weighted by atomic mass is 10.3. The summed E-state index contributed by atoms with van der Waals surface area (Å²) in [5.74, 6) is 0. The number of nitrogens with one attached hydrogen (secondary N) is 1. The average Bonchev–Trinajstić information content (AvgIpc) is 2.81. The Hall–Kier alpha value is -1.44. The molecule has 2 N–H and O–H groups in total. The standard InChI is InChI=1S/C11H15N3O3S/c1-8(7-15)14(2)18(16,17)10-6-13-11-9(10)4-3-5-12-11/h3-6,8,15H,7H2,1-2H3,(H,12,13). The van der Waals surface area contributed by atoms with Gasteiger partial charge in [-0.15, -0.1) is 0 Å². The van der Waals surface area contributed by atoms with Crippen molar-refractivity contribution in [3.05, 3.63) is 24.5 Å². The molecule has 7 heteroatoms. The molecule has 0 aromatic carbocycles. The third kappa shape index (κ3) is 2.00. The quantitative estimate of drug-likeness (QED) is 0.849. The highest BCUT2D eigenvalue weighted by molar-refractivity contribution is 7.89. The highest BCUT2D eigenvalue weighted by atomic mass is 32.2. The highest BCUT2D eigenvalue weighted by Crippen LogP contribution is 2.24. The number of aliphatic hydroxyl groups is 1. The number of nitrogens with zero attached hydrogens (tertiary/aromatic N) is 2. The lowest BCUT2D eigenvalue weighted by Crippen LogP contribution is -2.37. The monoisotopic (exact) mass is 269 g/mol. The summed E-state index contributed by atoms with van der Waals surface area (Å²) in [6.07, 6.45) is 3.02. The minimum absolute atomic E-state index is 0.174. The van der Waals surface area contributed by atoms with E-state index >= 15 is 0 Å². The van der Waals surface area contributed by atoms with Crippen molar-refractivity contribution in [1.82, 2.24) is 14.3 Å². The number of hydrogen-bond acceptors (Lipinski definition) is 4. The summed E-state index contributed by atoms with van der Waals surface area (Å²) in [5.41, 5.74) is 0.529. The van der Waals surface area contributed by atoms with Crippen LogP contribution >= 0.6 is 0 Å². The first-order valence-corrected chi connectivity index (χ1v) is 6.93. The topological polar surface area (TPSA) is 86.3 Å². The second kappa shape index (κ2) is 4.68. The maximum Gasteiger partial charge on any atom is 0.245 e. The maximum absolute atomic E-state index is 12.4. The Bertz CT molecular complexity index is 650. The smallest absolute Gasteiger partial charge is 0.245 e. The number of H-pyrrole nitrogens is 1. The molecule has 0 saturated carbocycles. The molecule has 0 bridgehead atoms. The first kappa shape index (κ1) is 13.0. The fourth-order valence-electron chi connectivity index (χ4n) is 1.65. The minimum atomic E-state index is -3.63. The molecule has 98 valence electrons. The van der Waals surface area contributed by atoms with E-state index in [9.17, 15) is 8.42 Å². The third-order valence-electron chi connectivity index (χ3n) is 2.96. The van der Waals surface area contributed by atoms with Gasteiger partial charge < -0.3 is 10.1 Å². The van der Waals surface area contributed by atoms with Gasteiger partial charge in [-0.25, -0.2) is 13.4 Å². The summed E-state index contributed by atoms with van der Waals surface area (Å²) in [5, 5.41) is 9.60. The van der Waals surface area contributed by atoms with E-state index in [1.807, 2.05) is 0 Å². The molecule has 1 unspecified atom stereocenters. The summed E-state index contributed by atoms with van der Waals surface area (Å²) in [6, 6.07) is 2.91. The maximum atomic E-state index is 12.4. The number of likely N-dealkylation sites (N-methyl/N-ethyl adjacent to an activating group) is 1. The molecule has 2 heterocycles. The van der Waals surface area contributed by atoms with Crippen LogP contribution in [0, 0.1) is 0 Å². The summed E-state index contributed by atoms with van der Waals surface area (Å²) in [6.45, 7) is 1.42. The zero-order valence-corrected chi connectivity index (χ0v) is 11.0. The molecule has 6 nitrogen and oxygen atoms in total. The van der Waals surface area contributed by atoms with Gasteiger partial charge in [0.15, 0.2) is 0 Å². The molecule has 0 aliphatic carbocycles. The Morgan fingerprint density at radius 2 is 2.28 bits per heavy atom. The van der Waals surface area contributed by atoms with Crippen LogP contribution in [0.3, 0.4) is 0 Å². The van der Waals surface area contributed by atoms with Crippen LogP contribution in [0.1, 0.15) is 6.92 Å². The van der Waals surface area contributed by atoms with Crippen LogP contribution in [-0.4, -0.2) is 47.5 Å². The van der Waals surface area contributed by atoms with E-state index in [1.54, 1.807) is 25.3 Å². The van der Waals surface area contributed by atoms with Crippen LogP contribution in [0.5, 0.6) is 0 Å². The Morgan fingerprint density at radius 3 is 2.94 bits per heavy atom. The molecular weight excluding hydrogens is 254 g/mol. The third-order valence-corrected chi connectivity index (χ3v) is 4.97. The molecule has 0 saturated heterocycles. The van der Waals surface area contributed by atoms with Gasteiger partial charge in [-0.3, -0.25) is 0 Å². The number of pyridine rings is 1. The number of aliphatic hydroxyl groups excluding tert-OH is 1. The first-order valence-electron chi connectivity index (χ1n) is 5.49. The fraction of sp³-hybridized carbons (Fsp3) is 0.364. The molecule has 0 aliphatic heterocycles. The Balaban J connectivity index is 2.54. The van der Waals surface area contributed by atoms with Crippen molar-refractivity contribution in [2.24, 2.45) is 0 Å². The number of aromatic amines is 1. The van der Waals surface area contributed by atoms with Gasteiger partial charge in [0.1, 0.15) is 10.5 Å². The Labute approximate surface area is 105 Å². The minimum Gasteiger partial charge on any atom is -0.395 e. The van der Waals surface area contributed by atoms with Crippen LogP contribution in [0.2, 0.25) is 0 Å². The van der Waals surface area contributed by atoms with Crippen molar-refractivity contribution in [1.29, 1.82) is 0 Å². The molecule has 18 heavy (non-hydrogen) atoms. The van der Waals surface area contributed by atoms with Gasteiger partial charge in [0, 0.05) is 30.9 Å². The van der Waals surface area contributed by atoms with Gasteiger partial charge >= 0.3 is 0 Å². The lowest BCUT2D eigenvalue weighted by molar-refractivity contribution is 0.214. The van der Waals surface area contributed by atoms with E-state index < -0.39 is 16.1 Å². The molecule has 1 atom stereocenters. The Kier molecular flexibility index (Phi) is 3.38. The first-order chi connectivity index (χ1) is 8.48. The second-order valence-corrected chi connectivity index (χ2v) is 6.07. The van der Waals surface area contributed by atoms with Gasteiger partial charge in [-0.1, -0.05) is 0 Å². The molecule has 0 spiro atoms. The molecular formula is C11H15N3O3S. The predicted octanol–water partition coefficient (Wildman–Crippen LogP) is 0.564. The summed E-state index contributed by atoms with van der Waals surface area (Å²) in [7, 11) is -2.18. The number of aromatic nitrogens is 2. The molecule has 0 amide bonds. The van der Waals surface area contributed by atoms with Crippen molar-refractivity contribution >= 4 is 21.1 Å². The second-order valence-electron chi connectivity index (χ2n) is 4.11. The fourth-order valence-corrected chi connectivity index (χ4v) is 3.15. The number of hydrogen-bond donors (Lipinski definition) is 2. The lowest BCUT2D eigenvalue weighted by Gasteiger charge is -2.22. The van der Waals surface area contributed by atoms with E-state index in [1.165, 1.54) is 13.2 Å².